The summed E-state index contributed by atoms with van der Waals surface area (Å²) in [4.78, 5) is 0. The molecule has 0 saturated heterocycles. The molecule has 1 aromatic carbocycles. The zero-order valence-electron chi connectivity index (χ0n) is 9.01. The second-order valence-corrected chi connectivity index (χ2v) is 4.00. The largest absolute Gasteiger partial charge is 0.508 e. The summed E-state index contributed by atoms with van der Waals surface area (Å²) in [6.45, 7) is 3.69. The topological polar surface area (TPSA) is 80.9 Å². The molecular weight excluding hydrogens is 196 g/mol. The second-order valence-electron chi connectivity index (χ2n) is 4.00. The highest BCUT2D eigenvalue weighted by molar-refractivity contribution is 5.30. The lowest BCUT2D eigenvalue weighted by atomic mass is 9.97. The van der Waals surface area contributed by atoms with Crippen LogP contribution in [0.15, 0.2) is 24.3 Å². The van der Waals surface area contributed by atoms with Gasteiger partial charge >= 0.3 is 0 Å². The van der Waals surface area contributed by atoms with E-state index in [1.807, 2.05) is 0 Å². The summed E-state index contributed by atoms with van der Waals surface area (Å²) in [5, 5.41) is 34.2. The number of hydrogen-bond acceptors (Lipinski definition) is 4. The Morgan fingerprint density at radius 1 is 1.00 bits per heavy atom. The molecule has 4 N–H and O–H groups in total. The maximum atomic E-state index is 8.65. The number of benzene rings is 1. The van der Waals surface area contributed by atoms with Gasteiger partial charge < -0.3 is 20.4 Å². The molecule has 1 rings (SSSR count). The maximum Gasteiger partial charge on any atom is 0.119 e. The van der Waals surface area contributed by atoms with Gasteiger partial charge in [-0.05, 0) is 12.1 Å². The van der Waals surface area contributed by atoms with Crippen LogP contribution in [0.25, 0.3) is 0 Å². The third kappa shape index (κ3) is 6.76. The van der Waals surface area contributed by atoms with E-state index in [1.54, 1.807) is 19.9 Å². The number of aliphatic hydroxyl groups excluding tert-OH is 2. The molecule has 4 nitrogen and oxygen atoms in total. The Morgan fingerprint density at radius 3 is 1.53 bits per heavy atom. The zero-order valence-corrected chi connectivity index (χ0v) is 9.01. The second kappa shape index (κ2) is 6.27. The first-order chi connectivity index (χ1) is 6.91. The number of rotatable bonds is 2. The van der Waals surface area contributed by atoms with Crippen molar-refractivity contribution in [2.45, 2.75) is 13.8 Å². The van der Waals surface area contributed by atoms with Gasteiger partial charge in [0.15, 0.2) is 0 Å². The molecule has 0 aromatic heterocycles. The Morgan fingerprint density at radius 2 is 1.40 bits per heavy atom. The highest BCUT2D eigenvalue weighted by atomic mass is 16.3. The van der Waals surface area contributed by atoms with E-state index < -0.39 is 0 Å². The Labute approximate surface area is 89.4 Å². The molecular formula is C11H18O4. The van der Waals surface area contributed by atoms with Crippen molar-refractivity contribution in [3.8, 4) is 11.5 Å². The Bertz CT molecular complexity index is 260. The summed E-state index contributed by atoms with van der Waals surface area (Å²) in [7, 11) is 0. The third-order valence-corrected chi connectivity index (χ3v) is 1.69. The molecule has 0 amide bonds. The van der Waals surface area contributed by atoms with E-state index in [0.717, 1.165) is 0 Å². The Balaban J connectivity index is 0.000000265. The van der Waals surface area contributed by atoms with Gasteiger partial charge in [-0.2, -0.15) is 0 Å². The van der Waals surface area contributed by atoms with Crippen LogP contribution in [0.1, 0.15) is 13.8 Å². The molecule has 1 aromatic rings. The predicted molar refractivity (Wildman–Crippen MR) is 57.7 cm³/mol. The molecule has 0 heterocycles. The molecule has 4 heteroatoms. The molecule has 0 aliphatic carbocycles. The van der Waals surface area contributed by atoms with E-state index in [9.17, 15) is 0 Å². The minimum Gasteiger partial charge on any atom is -0.508 e. The summed E-state index contributed by atoms with van der Waals surface area (Å²) in [6, 6.07) is 5.85. The maximum absolute atomic E-state index is 8.65. The van der Waals surface area contributed by atoms with Crippen molar-refractivity contribution in [1.29, 1.82) is 0 Å². The molecule has 0 aliphatic rings. The first kappa shape index (κ1) is 13.7. The van der Waals surface area contributed by atoms with Crippen molar-refractivity contribution in [2.75, 3.05) is 13.2 Å². The SMILES string of the molecule is CC(C)(CO)CO.Oc1cccc(O)c1. The lowest BCUT2D eigenvalue weighted by molar-refractivity contribution is 0.0857. The van der Waals surface area contributed by atoms with Crippen LogP contribution in [0.5, 0.6) is 11.5 Å². The predicted octanol–water partition coefficient (Wildman–Crippen LogP) is 1.09. The van der Waals surface area contributed by atoms with E-state index in [2.05, 4.69) is 0 Å². The molecule has 0 spiro atoms. The van der Waals surface area contributed by atoms with Gasteiger partial charge in [0, 0.05) is 11.5 Å². The normalized spacial score (nSPS) is 10.4. The van der Waals surface area contributed by atoms with Gasteiger partial charge in [0.1, 0.15) is 11.5 Å². The summed E-state index contributed by atoms with van der Waals surface area (Å²) < 4.78 is 0. The van der Waals surface area contributed by atoms with E-state index >= 15 is 0 Å². The van der Waals surface area contributed by atoms with Gasteiger partial charge in [-0.3, -0.25) is 0 Å². The molecule has 0 bridgehead atoms. The fourth-order valence-corrected chi connectivity index (χ4v) is 0.543. The minimum atomic E-state index is -0.306. The lowest BCUT2D eigenvalue weighted by Crippen LogP contribution is -2.20. The standard InChI is InChI=1S/C6H6O2.C5H12O2/c7-5-2-1-3-6(8)4-5;1-5(2,3-6)4-7/h1-4,7-8H;6-7H,3-4H2,1-2H3. The first-order valence-corrected chi connectivity index (χ1v) is 4.61. The monoisotopic (exact) mass is 214 g/mol. The number of phenolic OH excluding ortho intramolecular Hbond substituents is 2. The van der Waals surface area contributed by atoms with Crippen molar-refractivity contribution in [3.63, 3.8) is 0 Å². The van der Waals surface area contributed by atoms with Gasteiger partial charge in [0.25, 0.3) is 0 Å². The van der Waals surface area contributed by atoms with Crippen LogP contribution in [0.4, 0.5) is 0 Å². The summed E-state index contributed by atoms with van der Waals surface area (Å²) >= 11 is 0. The van der Waals surface area contributed by atoms with Crippen molar-refractivity contribution in [1.82, 2.24) is 0 Å². The Kier molecular flexibility index (Phi) is 5.74. The van der Waals surface area contributed by atoms with Crippen LogP contribution in [0.3, 0.4) is 0 Å². The minimum absolute atomic E-state index is 0.0451. The van der Waals surface area contributed by atoms with Crippen LogP contribution in [0, 0.1) is 5.41 Å². The van der Waals surface area contributed by atoms with Crippen molar-refractivity contribution >= 4 is 0 Å². The average Bonchev–Trinajstić information content (AvgIpc) is 2.18. The summed E-state index contributed by atoms with van der Waals surface area (Å²) in [5.74, 6) is 0.176. The fraction of sp³-hybridized carbons (Fsp3) is 0.455. The van der Waals surface area contributed by atoms with Crippen LogP contribution >= 0.6 is 0 Å². The number of phenols is 2. The van der Waals surface area contributed by atoms with Gasteiger partial charge in [-0.15, -0.1) is 0 Å². The van der Waals surface area contributed by atoms with Crippen molar-refractivity contribution < 1.29 is 20.4 Å². The smallest absolute Gasteiger partial charge is 0.119 e. The zero-order chi connectivity index (χ0) is 11.9. The molecule has 0 atom stereocenters. The Hall–Kier alpha value is -1.26. The van der Waals surface area contributed by atoms with Crippen LogP contribution in [-0.4, -0.2) is 33.6 Å². The van der Waals surface area contributed by atoms with E-state index in [4.69, 9.17) is 20.4 Å². The molecule has 0 unspecified atom stereocenters. The van der Waals surface area contributed by atoms with Gasteiger partial charge in [-0.25, -0.2) is 0 Å². The fourth-order valence-electron chi connectivity index (χ4n) is 0.543. The number of aromatic hydroxyl groups is 2. The molecule has 0 fully saturated rings. The number of hydrogen-bond donors (Lipinski definition) is 4. The summed E-state index contributed by atoms with van der Waals surface area (Å²) in [6.07, 6.45) is 0. The van der Waals surface area contributed by atoms with Crippen molar-refractivity contribution in [3.05, 3.63) is 24.3 Å². The summed E-state index contributed by atoms with van der Waals surface area (Å²) in [5.41, 5.74) is -0.306. The van der Waals surface area contributed by atoms with Crippen LogP contribution < -0.4 is 0 Å². The molecule has 0 aliphatic heterocycles. The van der Waals surface area contributed by atoms with Crippen LogP contribution in [-0.2, 0) is 0 Å². The highest BCUT2D eigenvalue weighted by Gasteiger charge is 2.13. The van der Waals surface area contributed by atoms with Gasteiger partial charge in [0.05, 0.1) is 13.2 Å². The molecule has 0 radical (unpaired) electrons. The van der Waals surface area contributed by atoms with Crippen molar-refractivity contribution in [2.24, 2.45) is 5.41 Å². The quantitative estimate of drug-likeness (QED) is 0.594. The third-order valence-electron chi connectivity index (χ3n) is 1.69. The van der Waals surface area contributed by atoms with E-state index in [0.29, 0.717) is 0 Å². The first-order valence-electron chi connectivity index (χ1n) is 4.61. The van der Waals surface area contributed by atoms with Gasteiger partial charge in [0.2, 0.25) is 0 Å². The highest BCUT2D eigenvalue weighted by Crippen LogP contribution is 2.14. The molecule has 86 valence electrons. The number of aliphatic hydroxyl groups is 2. The van der Waals surface area contributed by atoms with E-state index in [1.165, 1.54) is 18.2 Å². The molecule has 15 heavy (non-hydrogen) atoms. The van der Waals surface area contributed by atoms with Crippen LogP contribution in [0.2, 0.25) is 0 Å². The van der Waals surface area contributed by atoms with Gasteiger partial charge in [-0.1, -0.05) is 19.9 Å². The average molecular weight is 214 g/mol. The van der Waals surface area contributed by atoms with E-state index in [-0.39, 0.29) is 30.1 Å². The molecule has 0 saturated carbocycles. The lowest BCUT2D eigenvalue weighted by Gasteiger charge is -2.16.